The Balaban J connectivity index is 3.92. The van der Waals surface area contributed by atoms with Crippen molar-refractivity contribution in [3.05, 3.63) is 97.2 Å². The Hall–Kier alpha value is -2.69. The summed E-state index contributed by atoms with van der Waals surface area (Å²) in [6, 6.07) is -0.677. The van der Waals surface area contributed by atoms with Crippen molar-refractivity contribution in [3.8, 4) is 0 Å². The Bertz CT molecular complexity index is 799. The largest absolute Gasteiger partial charge is 0.394 e. The minimum Gasteiger partial charge on any atom is -0.394 e. The first-order valence-electron chi connectivity index (χ1n) is 15.0. The Kier molecular flexibility index (Phi) is 27.8. The van der Waals surface area contributed by atoms with Crippen LogP contribution in [0.4, 0.5) is 0 Å². The molecule has 0 aliphatic rings. The van der Waals surface area contributed by atoms with Crippen molar-refractivity contribution in [2.24, 2.45) is 0 Å². The van der Waals surface area contributed by atoms with E-state index in [1.165, 1.54) is 0 Å². The second kappa shape index (κ2) is 29.9. The summed E-state index contributed by atoms with van der Waals surface area (Å²) >= 11 is 0. The van der Waals surface area contributed by atoms with Crippen LogP contribution in [0.1, 0.15) is 97.3 Å². The molecule has 0 aromatic carbocycles. The van der Waals surface area contributed by atoms with Crippen LogP contribution in [-0.2, 0) is 4.79 Å². The van der Waals surface area contributed by atoms with Gasteiger partial charge >= 0.3 is 0 Å². The minimum atomic E-state index is -0.895. The normalized spacial score (nSPS) is 14.7. The second-order valence-electron chi connectivity index (χ2n) is 9.38. The van der Waals surface area contributed by atoms with E-state index < -0.39 is 12.1 Å². The standard InChI is InChI=1S/C35H55NO3/c1-3-5-7-9-11-13-15-16-17-18-19-20-21-23-25-27-29-31-35(39)36-33(32-37)34(38)30-28-26-24-22-14-12-10-8-6-4-2/h5-8,11,13-14,16-17,19-20,22-23,25,28,30,33-34,37-38H,3-4,9-10,12,15,18,21,24,26-27,29,31-32H2,1-2H3,(H,36,39)/b7-5-,8-6+,13-11-,17-16-,20-19-,22-14+,25-23-,30-28+. The Labute approximate surface area is 239 Å². The van der Waals surface area contributed by atoms with Crippen molar-refractivity contribution < 1.29 is 15.0 Å². The molecule has 39 heavy (non-hydrogen) atoms. The molecule has 0 aliphatic heterocycles. The maximum Gasteiger partial charge on any atom is 0.220 e. The predicted octanol–water partition coefficient (Wildman–Crippen LogP) is 8.39. The lowest BCUT2D eigenvalue weighted by molar-refractivity contribution is -0.122. The maximum absolute atomic E-state index is 12.2. The van der Waals surface area contributed by atoms with Crippen molar-refractivity contribution in [2.75, 3.05) is 6.61 Å². The minimum absolute atomic E-state index is 0.145. The maximum atomic E-state index is 12.2. The predicted molar refractivity (Wildman–Crippen MR) is 170 cm³/mol. The lowest BCUT2D eigenvalue weighted by atomic mass is 10.1. The molecule has 0 aromatic heterocycles. The van der Waals surface area contributed by atoms with Gasteiger partial charge in [0.15, 0.2) is 0 Å². The first-order chi connectivity index (χ1) is 19.2. The molecule has 0 aromatic rings. The van der Waals surface area contributed by atoms with E-state index in [2.05, 4.69) is 104 Å². The smallest absolute Gasteiger partial charge is 0.220 e. The molecule has 0 spiro atoms. The van der Waals surface area contributed by atoms with Gasteiger partial charge in [0.2, 0.25) is 5.91 Å². The third-order valence-electron chi connectivity index (χ3n) is 5.79. The number of nitrogens with one attached hydrogen (secondary N) is 1. The summed E-state index contributed by atoms with van der Waals surface area (Å²) in [6.45, 7) is 3.98. The van der Waals surface area contributed by atoms with Crippen LogP contribution in [0.3, 0.4) is 0 Å². The Morgan fingerprint density at radius 1 is 0.615 bits per heavy atom. The summed E-state index contributed by atoms with van der Waals surface area (Å²) < 4.78 is 0. The Morgan fingerprint density at radius 3 is 1.54 bits per heavy atom. The molecular weight excluding hydrogens is 482 g/mol. The molecular formula is C35H55NO3. The molecule has 218 valence electrons. The molecule has 0 rings (SSSR count). The molecule has 4 heteroatoms. The summed E-state index contributed by atoms with van der Waals surface area (Å²) in [6.07, 6.45) is 44.9. The number of amides is 1. The van der Waals surface area contributed by atoms with Crippen molar-refractivity contribution in [3.63, 3.8) is 0 Å². The van der Waals surface area contributed by atoms with Gasteiger partial charge in [-0.25, -0.2) is 0 Å². The monoisotopic (exact) mass is 537 g/mol. The zero-order valence-corrected chi connectivity index (χ0v) is 24.6. The number of hydrogen-bond donors (Lipinski definition) is 3. The number of carbonyl (C=O) groups is 1. The van der Waals surface area contributed by atoms with Gasteiger partial charge in [0.1, 0.15) is 0 Å². The van der Waals surface area contributed by atoms with E-state index in [0.717, 1.165) is 77.0 Å². The van der Waals surface area contributed by atoms with E-state index in [0.29, 0.717) is 6.42 Å². The van der Waals surface area contributed by atoms with E-state index in [4.69, 9.17) is 0 Å². The third-order valence-corrected chi connectivity index (χ3v) is 5.79. The Morgan fingerprint density at radius 2 is 1.03 bits per heavy atom. The van der Waals surface area contributed by atoms with Crippen LogP contribution in [0.2, 0.25) is 0 Å². The SMILES string of the molecule is CC/C=C\C/C=C\C/C=C\C/C=C\C/C=C\CCCC(=O)NC(CO)C(O)/C=C/CC/C=C/CC/C=C/CC. The summed E-state index contributed by atoms with van der Waals surface area (Å²) in [4.78, 5) is 12.2. The molecule has 0 bridgehead atoms. The van der Waals surface area contributed by atoms with Crippen LogP contribution in [0.15, 0.2) is 97.2 Å². The van der Waals surface area contributed by atoms with Gasteiger partial charge in [-0.1, -0.05) is 111 Å². The lowest BCUT2D eigenvalue weighted by Crippen LogP contribution is -2.45. The molecule has 0 aliphatic carbocycles. The summed E-state index contributed by atoms with van der Waals surface area (Å²) in [7, 11) is 0. The van der Waals surface area contributed by atoms with Gasteiger partial charge in [-0.3, -0.25) is 4.79 Å². The highest BCUT2D eigenvalue weighted by Gasteiger charge is 2.17. The van der Waals surface area contributed by atoms with Gasteiger partial charge in [-0.15, -0.1) is 0 Å². The van der Waals surface area contributed by atoms with Crippen LogP contribution in [0.25, 0.3) is 0 Å². The van der Waals surface area contributed by atoms with Crippen LogP contribution >= 0.6 is 0 Å². The van der Waals surface area contributed by atoms with Crippen molar-refractivity contribution in [1.29, 1.82) is 0 Å². The van der Waals surface area contributed by atoms with Crippen molar-refractivity contribution in [1.82, 2.24) is 5.32 Å². The van der Waals surface area contributed by atoms with E-state index in [1.807, 2.05) is 6.08 Å². The first kappa shape index (κ1) is 36.3. The van der Waals surface area contributed by atoms with Gasteiger partial charge in [0, 0.05) is 6.42 Å². The summed E-state index contributed by atoms with van der Waals surface area (Å²) in [5.74, 6) is -0.145. The van der Waals surface area contributed by atoms with E-state index in [-0.39, 0.29) is 12.5 Å². The second-order valence-corrected chi connectivity index (χ2v) is 9.38. The first-order valence-corrected chi connectivity index (χ1v) is 15.0. The number of aliphatic hydroxyl groups excluding tert-OH is 2. The zero-order valence-electron chi connectivity index (χ0n) is 24.6. The quantitative estimate of drug-likeness (QED) is 0.0855. The zero-order chi connectivity index (χ0) is 28.7. The van der Waals surface area contributed by atoms with Crippen molar-refractivity contribution in [2.45, 2.75) is 109 Å². The molecule has 0 heterocycles. The number of aliphatic hydroxyl groups is 2. The number of rotatable bonds is 24. The average Bonchev–Trinajstić information content (AvgIpc) is 2.94. The summed E-state index contributed by atoms with van der Waals surface area (Å²) in [5, 5.41) is 22.6. The molecule has 4 nitrogen and oxygen atoms in total. The molecule has 3 N–H and O–H groups in total. The van der Waals surface area contributed by atoms with Gasteiger partial charge in [-0.2, -0.15) is 0 Å². The number of unbranched alkanes of at least 4 members (excludes halogenated alkanes) is 3. The van der Waals surface area contributed by atoms with E-state index in [9.17, 15) is 15.0 Å². The molecule has 0 saturated carbocycles. The number of allylic oxidation sites excluding steroid dienone is 15. The fourth-order valence-electron chi connectivity index (χ4n) is 3.54. The third kappa shape index (κ3) is 26.7. The number of hydrogen-bond acceptors (Lipinski definition) is 3. The van der Waals surface area contributed by atoms with Crippen molar-refractivity contribution >= 4 is 5.91 Å². The van der Waals surface area contributed by atoms with E-state index >= 15 is 0 Å². The van der Waals surface area contributed by atoms with Gasteiger partial charge in [0.25, 0.3) is 0 Å². The highest BCUT2D eigenvalue weighted by molar-refractivity contribution is 5.76. The highest BCUT2D eigenvalue weighted by atomic mass is 16.3. The number of carbonyl (C=O) groups excluding carboxylic acids is 1. The molecule has 0 saturated heterocycles. The van der Waals surface area contributed by atoms with Gasteiger partial charge in [0.05, 0.1) is 18.8 Å². The topological polar surface area (TPSA) is 69.6 Å². The molecule has 2 atom stereocenters. The fraction of sp³-hybridized carbons (Fsp3) is 0.514. The van der Waals surface area contributed by atoms with E-state index in [1.54, 1.807) is 6.08 Å². The molecule has 2 unspecified atom stereocenters. The van der Waals surface area contributed by atoms with Crippen LogP contribution in [0.5, 0.6) is 0 Å². The highest BCUT2D eigenvalue weighted by Crippen LogP contribution is 2.04. The van der Waals surface area contributed by atoms with Crippen LogP contribution in [0, 0.1) is 0 Å². The average molecular weight is 538 g/mol. The van der Waals surface area contributed by atoms with Gasteiger partial charge in [-0.05, 0) is 77.0 Å². The lowest BCUT2D eigenvalue weighted by Gasteiger charge is -2.19. The molecule has 0 fully saturated rings. The van der Waals surface area contributed by atoms with Crippen LogP contribution < -0.4 is 5.32 Å². The van der Waals surface area contributed by atoms with Crippen LogP contribution in [-0.4, -0.2) is 34.9 Å². The van der Waals surface area contributed by atoms with Gasteiger partial charge < -0.3 is 15.5 Å². The summed E-state index contributed by atoms with van der Waals surface area (Å²) in [5.41, 5.74) is 0. The molecule has 1 amide bonds. The fourth-order valence-corrected chi connectivity index (χ4v) is 3.54. The molecule has 0 radical (unpaired) electrons.